The second-order valence-corrected chi connectivity index (χ2v) is 8.59. The van der Waals surface area contributed by atoms with Crippen molar-refractivity contribution in [2.75, 3.05) is 11.9 Å². The fourth-order valence-electron chi connectivity index (χ4n) is 3.62. The number of nitrogens with one attached hydrogen (secondary N) is 2. The summed E-state index contributed by atoms with van der Waals surface area (Å²) in [6.07, 6.45) is 2.92. The topological polar surface area (TPSA) is 49.8 Å². The van der Waals surface area contributed by atoms with Crippen molar-refractivity contribution in [3.8, 4) is 0 Å². The number of pyridine rings is 1. The van der Waals surface area contributed by atoms with Gasteiger partial charge in [-0.25, -0.2) is 14.4 Å². The predicted octanol–water partition coefficient (Wildman–Crippen LogP) is 5.25. The molecular formula is C19H17FN4S2. The Labute approximate surface area is 158 Å². The zero-order valence-corrected chi connectivity index (χ0v) is 15.8. The molecule has 5 rings (SSSR count). The quantitative estimate of drug-likeness (QED) is 0.506. The highest BCUT2D eigenvalue weighted by Gasteiger charge is 2.26. The minimum atomic E-state index is -0.268. The number of benzene rings is 1. The highest BCUT2D eigenvalue weighted by atomic mass is 32.1. The van der Waals surface area contributed by atoms with Gasteiger partial charge in [-0.15, -0.1) is 22.7 Å². The summed E-state index contributed by atoms with van der Waals surface area (Å²) in [4.78, 5) is 11.1. The summed E-state index contributed by atoms with van der Waals surface area (Å²) in [5, 5.41) is 7.80. The Bertz CT molecular complexity index is 1100. The molecule has 0 unspecified atom stereocenters. The van der Waals surface area contributed by atoms with Gasteiger partial charge in [0.15, 0.2) is 0 Å². The van der Waals surface area contributed by atoms with E-state index in [0.717, 1.165) is 39.1 Å². The molecule has 1 saturated heterocycles. The smallest absolute Gasteiger partial charge is 0.148 e. The lowest BCUT2D eigenvalue weighted by Gasteiger charge is -2.12. The van der Waals surface area contributed by atoms with E-state index in [1.807, 2.05) is 6.07 Å². The van der Waals surface area contributed by atoms with Gasteiger partial charge in [-0.2, -0.15) is 0 Å². The summed E-state index contributed by atoms with van der Waals surface area (Å²) in [5.74, 6) is 0.251. The first kappa shape index (κ1) is 16.1. The number of hydrogen-bond acceptors (Lipinski definition) is 6. The molecule has 1 aliphatic heterocycles. The van der Waals surface area contributed by atoms with Crippen LogP contribution in [0.5, 0.6) is 0 Å². The van der Waals surface area contributed by atoms with E-state index < -0.39 is 0 Å². The van der Waals surface area contributed by atoms with Crippen molar-refractivity contribution in [2.24, 2.45) is 0 Å². The lowest BCUT2D eigenvalue weighted by Crippen LogP contribution is -2.20. The predicted molar refractivity (Wildman–Crippen MR) is 107 cm³/mol. The van der Waals surface area contributed by atoms with Crippen LogP contribution in [0.15, 0.2) is 36.0 Å². The van der Waals surface area contributed by atoms with Gasteiger partial charge in [0.05, 0.1) is 27.1 Å². The zero-order chi connectivity index (χ0) is 17.7. The molecule has 2 N–H and O–H groups in total. The van der Waals surface area contributed by atoms with Crippen LogP contribution in [0.25, 0.3) is 20.4 Å². The van der Waals surface area contributed by atoms with Crippen molar-refractivity contribution in [1.82, 2.24) is 15.3 Å². The van der Waals surface area contributed by atoms with Gasteiger partial charge in [0, 0.05) is 28.4 Å². The van der Waals surface area contributed by atoms with Crippen LogP contribution < -0.4 is 10.6 Å². The fraction of sp³-hybridized carbons (Fsp3) is 0.263. The number of anilines is 2. The van der Waals surface area contributed by atoms with Crippen LogP contribution in [0.1, 0.15) is 24.1 Å². The van der Waals surface area contributed by atoms with E-state index in [1.54, 1.807) is 35.2 Å². The van der Waals surface area contributed by atoms with Gasteiger partial charge >= 0.3 is 0 Å². The van der Waals surface area contributed by atoms with E-state index in [4.69, 9.17) is 0 Å². The van der Waals surface area contributed by atoms with E-state index in [-0.39, 0.29) is 5.82 Å². The lowest BCUT2D eigenvalue weighted by molar-refractivity contribution is 0.602. The van der Waals surface area contributed by atoms with Crippen LogP contribution in [0.4, 0.5) is 15.8 Å². The normalized spacial score (nSPS) is 20.2. The maximum Gasteiger partial charge on any atom is 0.148 e. The average Bonchev–Trinajstić information content (AvgIpc) is 3.34. The Morgan fingerprint density at radius 2 is 2.15 bits per heavy atom. The maximum atomic E-state index is 14.5. The molecule has 0 saturated carbocycles. The Morgan fingerprint density at radius 1 is 1.23 bits per heavy atom. The van der Waals surface area contributed by atoms with Gasteiger partial charge in [-0.05, 0) is 44.2 Å². The molecule has 0 amide bonds. The molecule has 0 spiro atoms. The molecule has 0 aliphatic carbocycles. The van der Waals surface area contributed by atoms with E-state index in [2.05, 4.69) is 33.6 Å². The van der Waals surface area contributed by atoms with Crippen molar-refractivity contribution in [3.63, 3.8) is 0 Å². The number of thiophene rings is 1. The molecule has 1 fully saturated rings. The first-order chi connectivity index (χ1) is 12.7. The van der Waals surface area contributed by atoms with Crippen LogP contribution in [-0.4, -0.2) is 22.6 Å². The number of fused-ring (bicyclic) bond motifs is 2. The molecule has 4 nitrogen and oxygen atoms in total. The fourth-order valence-corrected chi connectivity index (χ4v) is 5.57. The van der Waals surface area contributed by atoms with Crippen molar-refractivity contribution in [2.45, 2.75) is 25.3 Å². The molecule has 0 bridgehead atoms. The molecule has 4 aromatic rings. The SMILES string of the molecule is C[C@H]1NCC[C@H]1c1cc2c(Nc3cc4ncsc4cc3F)ccnc2s1. The Kier molecular flexibility index (Phi) is 3.88. The first-order valence-corrected chi connectivity index (χ1v) is 10.3. The number of aromatic nitrogens is 2. The van der Waals surface area contributed by atoms with E-state index >= 15 is 0 Å². The van der Waals surface area contributed by atoms with Crippen molar-refractivity contribution < 1.29 is 4.39 Å². The molecule has 0 radical (unpaired) electrons. The number of rotatable bonds is 3. The minimum absolute atomic E-state index is 0.268. The molecule has 132 valence electrons. The molecule has 7 heteroatoms. The number of thiazole rings is 1. The van der Waals surface area contributed by atoms with E-state index in [0.29, 0.717) is 17.6 Å². The zero-order valence-electron chi connectivity index (χ0n) is 14.1. The summed E-state index contributed by atoms with van der Waals surface area (Å²) in [7, 11) is 0. The van der Waals surface area contributed by atoms with Gasteiger partial charge in [-0.3, -0.25) is 0 Å². The average molecular weight is 385 g/mol. The minimum Gasteiger partial charge on any atom is -0.352 e. The van der Waals surface area contributed by atoms with E-state index in [1.165, 1.54) is 16.2 Å². The Morgan fingerprint density at radius 3 is 3.00 bits per heavy atom. The van der Waals surface area contributed by atoms with Crippen molar-refractivity contribution >= 4 is 54.5 Å². The van der Waals surface area contributed by atoms with Gasteiger partial charge in [0.2, 0.25) is 0 Å². The molecule has 2 atom stereocenters. The third-order valence-electron chi connectivity index (χ3n) is 5.03. The van der Waals surface area contributed by atoms with Crippen LogP contribution in [0.2, 0.25) is 0 Å². The van der Waals surface area contributed by atoms with E-state index in [9.17, 15) is 4.39 Å². The first-order valence-electron chi connectivity index (χ1n) is 8.60. The molecule has 3 aromatic heterocycles. The highest BCUT2D eigenvalue weighted by Crippen LogP contribution is 2.39. The largest absolute Gasteiger partial charge is 0.352 e. The maximum absolute atomic E-state index is 14.5. The third-order valence-corrected chi connectivity index (χ3v) is 7.00. The van der Waals surface area contributed by atoms with Crippen LogP contribution in [0.3, 0.4) is 0 Å². The second kappa shape index (κ2) is 6.26. The molecule has 1 aromatic carbocycles. The summed E-state index contributed by atoms with van der Waals surface area (Å²) in [6.45, 7) is 3.28. The van der Waals surface area contributed by atoms with Gasteiger partial charge in [0.25, 0.3) is 0 Å². The van der Waals surface area contributed by atoms with Gasteiger partial charge in [-0.1, -0.05) is 0 Å². The summed E-state index contributed by atoms with van der Waals surface area (Å²) in [6, 6.07) is 7.90. The van der Waals surface area contributed by atoms with Crippen LogP contribution >= 0.6 is 22.7 Å². The Balaban J connectivity index is 1.55. The molecule has 4 heterocycles. The monoisotopic (exact) mass is 384 g/mol. The highest BCUT2D eigenvalue weighted by molar-refractivity contribution is 7.18. The number of nitrogens with zero attached hydrogens (tertiary/aromatic N) is 2. The van der Waals surface area contributed by atoms with Crippen molar-refractivity contribution in [1.29, 1.82) is 0 Å². The molecular weight excluding hydrogens is 367 g/mol. The van der Waals surface area contributed by atoms with Crippen LogP contribution in [-0.2, 0) is 0 Å². The number of halogens is 1. The Hall–Kier alpha value is -2.09. The third kappa shape index (κ3) is 2.67. The standard InChI is InChI=1S/C19H17FN4S2/c1-10-11(2-4-21-10)17-6-12-14(3-5-22-19(12)26-17)24-15-8-16-18(7-13(15)20)25-9-23-16/h3,5-11,21H,2,4H2,1H3,(H,22,24)/t10-,11-/m1/s1. The summed E-state index contributed by atoms with van der Waals surface area (Å²) >= 11 is 3.18. The molecule has 1 aliphatic rings. The summed E-state index contributed by atoms with van der Waals surface area (Å²) in [5.41, 5.74) is 3.87. The van der Waals surface area contributed by atoms with Crippen molar-refractivity contribution in [3.05, 3.63) is 46.7 Å². The molecule has 26 heavy (non-hydrogen) atoms. The second-order valence-electron chi connectivity index (χ2n) is 6.64. The lowest BCUT2D eigenvalue weighted by atomic mass is 10.00. The van der Waals surface area contributed by atoms with Gasteiger partial charge in [0.1, 0.15) is 10.6 Å². The summed E-state index contributed by atoms with van der Waals surface area (Å²) < 4.78 is 15.3. The van der Waals surface area contributed by atoms with Crippen LogP contribution in [0, 0.1) is 5.82 Å². The van der Waals surface area contributed by atoms with Gasteiger partial charge < -0.3 is 10.6 Å². The number of hydrogen-bond donors (Lipinski definition) is 2.